The summed E-state index contributed by atoms with van der Waals surface area (Å²) in [5.41, 5.74) is 0.958. The third kappa shape index (κ3) is 4.28. The smallest absolute Gasteiger partial charge is 0.137 e. The molecular weight excluding hydrogens is 259 g/mol. The molecule has 0 radical (unpaired) electrons. The van der Waals surface area contributed by atoms with Crippen molar-refractivity contribution in [3.63, 3.8) is 0 Å². The lowest BCUT2D eigenvalue weighted by atomic mass is 10.2. The molecule has 1 aromatic rings. The molecule has 84 valence electrons. The first-order valence-corrected chi connectivity index (χ1v) is 5.83. The molecule has 0 spiro atoms. The van der Waals surface area contributed by atoms with Crippen molar-refractivity contribution >= 4 is 15.9 Å². The van der Waals surface area contributed by atoms with Gasteiger partial charge in [0.25, 0.3) is 0 Å². The predicted molar refractivity (Wildman–Crippen MR) is 64.4 cm³/mol. The van der Waals surface area contributed by atoms with Gasteiger partial charge >= 0.3 is 0 Å². The quantitative estimate of drug-likeness (QED) is 0.778. The summed E-state index contributed by atoms with van der Waals surface area (Å²) in [4.78, 5) is 0. The van der Waals surface area contributed by atoms with Gasteiger partial charge in [-0.3, -0.25) is 0 Å². The Balaban J connectivity index is 2.34. The first-order chi connectivity index (χ1) is 7.25. The average molecular weight is 275 g/mol. The molecular formula is C11H16BrFN2. The Morgan fingerprint density at radius 2 is 2.13 bits per heavy atom. The maximum absolute atomic E-state index is 13.1. The lowest BCUT2D eigenvalue weighted by Gasteiger charge is -2.07. The molecule has 0 aliphatic heterocycles. The van der Waals surface area contributed by atoms with Crippen LogP contribution in [0.4, 0.5) is 4.39 Å². The molecule has 4 heteroatoms. The van der Waals surface area contributed by atoms with Gasteiger partial charge in [0.1, 0.15) is 5.82 Å². The minimum Gasteiger partial charge on any atom is -0.320 e. The highest BCUT2D eigenvalue weighted by atomic mass is 79.9. The summed E-state index contributed by atoms with van der Waals surface area (Å²) in [5, 5.41) is 6.35. The molecule has 0 aliphatic carbocycles. The van der Waals surface area contributed by atoms with Gasteiger partial charge in [-0.05, 0) is 54.1 Å². The van der Waals surface area contributed by atoms with Gasteiger partial charge in [0.05, 0.1) is 4.47 Å². The Hall–Kier alpha value is -0.450. The van der Waals surface area contributed by atoms with E-state index in [4.69, 9.17) is 0 Å². The van der Waals surface area contributed by atoms with Crippen molar-refractivity contribution in [1.82, 2.24) is 10.6 Å². The van der Waals surface area contributed by atoms with E-state index in [2.05, 4.69) is 26.6 Å². The lowest BCUT2D eigenvalue weighted by Crippen LogP contribution is -2.19. The zero-order valence-electron chi connectivity index (χ0n) is 8.82. The van der Waals surface area contributed by atoms with Crippen molar-refractivity contribution in [3.8, 4) is 0 Å². The van der Waals surface area contributed by atoms with Gasteiger partial charge in [0.15, 0.2) is 0 Å². The van der Waals surface area contributed by atoms with Crippen molar-refractivity contribution in [3.05, 3.63) is 34.1 Å². The molecule has 0 saturated heterocycles. The third-order valence-corrected chi connectivity index (χ3v) is 3.02. The summed E-state index contributed by atoms with van der Waals surface area (Å²) in [5.74, 6) is -0.204. The van der Waals surface area contributed by atoms with Crippen LogP contribution < -0.4 is 10.6 Å². The SMILES string of the molecule is CNCCCNCc1cccc(F)c1Br. The molecule has 0 aromatic heterocycles. The second-order valence-electron chi connectivity index (χ2n) is 3.35. The first-order valence-electron chi connectivity index (χ1n) is 5.04. The van der Waals surface area contributed by atoms with Gasteiger partial charge < -0.3 is 10.6 Å². The third-order valence-electron chi connectivity index (χ3n) is 2.13. The summed E-state index contributed by atoms with van der Waals surface area (Å²) in [6, 6.07) is 5.09. The molecule has 0 heterocycles. The summed E-state index contributed by atoms with van der Waals surface area (Å²) in [7, 11) is 1.93. The van der Waals surface area contributed by atoms with E-state index in [9.17, 15) is 4.39 Å². The Labute approximate surface area is 98.4 Å². The van der Waals surface area contributed by atoms with Crippen LogP contribution in [-0.2, 0) is 6.54 Å². The van der Waals surface area contributed by atoms with Gasteiger partial charge in [-0.1, -0.05) is 12.1 Å². The van der Waals surface area contributed by atoms with E-state index < -0.39 is 0 Å². The van der Waals surface area contributed by atoms with Crippen molar-refractivity contribution in [1.29, 1.82) is 0 Å². The molecule has 0 aliphatic rings. The lowest BCUT2D eigenvalue weighted by molar-refractivity contribution is 0.603. The zero-order chi connectivity index (χ0) is 11.1. The molecule has 15 heavy (non-hydrogen) atoms. The minimum atomic E-state index is -0.204. The molecule has 0 amide bonds. The van der Waals surface area contributed by atoms with Gasteiger partial charge in [0, 0.05) is 6.54 Å². The normalized spacial score (nSPS) is 10.6. The van der Waals surface area contributed by atoms with Crippen molar-refractivity contribution < 1.29 is 4.39 Å². The van der Waals surface area contributed by atoms with Crippen LogP contribution in [0.3, 0.4) is 0 Å². The molecule has 1 aromatic carbocycles. The summed E-state index contributed by atoms with van der Waals surface area (Å²) in [6.07, 6.45) is 1.07. The van der Waals surface area contributed by atoms with E-state index >= 15 is 0 Å². The Bertz CT molecular complexity index is 305. The number of rotatable bonds is 6. The van der Waals surface area contributed by atoms with Crippen LogP contribution >= 0.6 is 15.9 Å². The largest absolute Gasteiger partial charge is 0.320 e. The Morgan fingerprint density at radius 3 is 2.87 bits per heavy atom. The van der Waals surface area contributed by atoms with Crippen molar-refractivity contribution in [2.24, 2.45) is 0 Å². The van der Waals surface area contributed by atoms with E-state index in [1.165, 1.54) is 6.07 Å². The molecule has 0 unspecified atom stereocenters. The van der Waals surface area contributed by atoms with Crippen LogP contribution in [0.25, 0.3) is 0 Å². The summed E-state index contributed by atoms with van der Waals surface area (Å²) in [6.45, 7) is 2.63. The fraction of sp³-hybridized carbons (Fsp3) is 0.455. The van der Waals surface area contributed by atoms with E-state index in [1.807, 2.05) is 13.1 Å². The Kier molecular flexibility index (Phi) is 5.83. The highest BCUT2D eigenvalue weighted by Gasteiger charge is 2.03. The van der Waals surface area contributed by atoms with E-state index in [1.54, 1.807) is 6.07 Å². The van der Waals surface area contributed by atoms with E-state index in [0.717, 1.165) is 25.1 Å². The maximum Gasteiger partial charge on any atom is 0.137 e. The molecule has 0 bridgehead atoms. The minimum absolute atomic E-state index is 0.204. The fourth-order valence-electron chi connectivity index (χ4n) is 1.30. The summed E-state index contributed by atoms with van der Waals surface area (Å²) >= 11 is 3.24. The topological polar surface area (TPSA) is 24.1 Å². The number of nitrogens with one attached hydrogen (secondary N) is 2. The van der Waals surface area contributed by atoms with Crippen LogP contribution in [0.5, 0.6) is 0 Å². The predicted octanol–water partition coefficient (Wildman–Crippen LogP) is 2.29. The first kappa shape index (κ1) is 12.6. The molecule has 2 N–H and O–H groups in total. The monoisotopic (exact) mass is 274 g/mol. The molecule has 2 nitrogen and oxygen atoms in total. The van der Waals surface area contributed by atoms with Crippen LogP contribution in [0.2, 0.25) is 0 Å². The van der Waals surface area contributed by atoms with Crippen molar-refractivity contribution in [2.75, 3.05) is 20.1 Å². The maximum atomic E-state index is 13.1. The van der Waals surface area contributed by atoms with Crippen LogP contribution in [0.1, 0.15) is 12.0 Å². The number of benzene rings is 1. The molecule has 0 atom stereocenters. The standard InChI is InChI=1S/C11H16BrFN2/c1-14-6-3-7-15-8-9-4-2-5-10(13)11(9)12/h2,4-5,14-15H,3,6-8H2,1H3. The van der Waals surface area contributed by atoms with E-state index in [-0.39, 0.29) is 5.82 Å². The van der Waals surface area contributed by atoms with Crippen LogP contribution in [-0.4, -0.2) is 20.1 Å². The molecule has 0 fully saturated rings. The van der Waals surface area contributed by atoms with Gasteiger partial charge in [-0.2, -0.15) is 0 Å². The van der Waals surface area contributed by atoms with Crippen molar-refractivity contribution in [2.45, 2.75) is 13.0 Å². The highest BCUT2D eigenvalue weighted by Crippen LogP contribution is 2.19. The van der Waals surface area contributed by atoms with Gasteiger partial charge in [0.2, 0.25) is 0 Å². The van der Waals surface area contributed by atoms with Gasteiger partial charge in [-0.25, -0.2) is 4.39 Å². The van der Waals surface area contributed by atoms with Crippen LogP contribution in [0, 0.1) is 5.82 Å². The van der Waals surface area contributed by atoms with Crippen LogP contribution in [0.15, 0.2) is 22.7 Å². The Morgan fingerprint density at radius 1 is 1.33 bits per heavy atom. The second-order valence-corrected chi connectivity index (χ2v) is 4.14. The number of halogens is 2. The average Bonchev–Trinajstić information content (AvgIpc) is 2.24. The zero-order valence-corrected chi connectivity index (χ0v) is 10.4. The molecule has 1 rings (SSSR count). The fourth-order valence-corrected chi connectivity index (χ4v) is 1.70. The number of hydrogen-bond donors (Lipinski definition) is 2. The highest BCUT2D eigenvalue weighted by molar-refractivity contribution is 9.10. The second kappa shape index (κ2) is 6.93. The van der Waals surface area contributed by atoms with E-state index in [0.29, 0.717) is 11.0 Å². The summed E-state index contributed by atoms with van der Waals surface area (Å²) < 4.78 is 13.7. The number of hydrogen-bond acceptors (Lipinski definition) is 2. The molecule has 0 saturated carbocycles. The van der Waals surface area contributed by atoms with Gasteiger partial charge in [-0.15, -0.1) is 0 Å².